The molecule has 1 atom stereocenters. The minimum Gasteiger partial charge on any atom is -0.344 e. The van der Waals surface area contributed by atoms with E-state index < -0.39 is 7.75 Å². The Kier molecular flexibility index (Phi) is 4.98. The molecule has 1 unspecified atom stereocenters. The Bertz CT molecular complexity index is 321. The van der Waals surface area contributed by atoms with Crippen LogP contribution in [0.4, 0.5) is 0 Å². The van der Waals surface area contributed by atoms with Crippen LogP contribution in [-0.2, 0) is 13.6 Å². The Morgan fingerprint density at radius 2 is 1.88 bits per heavy atom. The third-order valence-electron chi connectivity index (χ3n) is 2.30. The van der Waals surface area contributed by atoms with E-state index in [4.69, 9.17) is 9.05 Å². The highest BCUT2D eigenvalue weighted by Crippen LogP contribution is 2.51. The third-order valence-corrected chi connectivity index (χ3v) is 4.00. The highest BCUT2D eigenvalue weighted by molar-refractivity contribution is 7.52. The monoisotopic (exact) mass is 263 g/mol. The van der Waals surface area contributed by atoms with Crippen LogP contribution >= 0.6 is 7.75 Å². The maximum Gasteiger partial charge on any atom is 0.457 e. The van der Waals surface area contributed by atoms with Crippen LogP contribution in [0.25, 0.3) is 0 Å². The van der Waals surface area contributed by atoms with E-state index >= 15 is 0 Å². The Morgan fingerprint density at radius 1 is 1.35 bits per heavy atom. The molecular weight excluding hydrogens is 241 g/mol. The summed E-state index contributed by atoms with van der Waals surface area (Å²) in [6, 6.07) is 0. The van der Waals surface area contributed by atoms with Gasteiger partial charge in [0, 0.05) is 27.2 Å². The van der Waals surface area contributed by atoms with Crippen molar-refractivity contribution in [3.05, 3.63) is 0 Å². The average molecular weight is 263 g/mol. The van der Waals surface area contributed by atoms with Gasteiger partial charge in [-0.3, -0.25) is 9.05 Å². The molecular formula is C10H22N3O3P. The molecule has 100 valence electrons. The summed E-state index contributed by atoms with van der Waals surface area (Å²) in [6.45, 7) is 7.45. The van der Waals surface area contributed by atoms with Crippen molar-refractivity contribution in [1.29, 1.82) is 0 Å². The van der Waals surface area contributed by atoms with Crippen LogP contribution in [0.2, 0.25) is 0 Å². The summed E-state index contributed by atoms with van der Waals surface area (Å²) in [5, 5.41) is 0. The number of hydrogen-bond donors (Lipinski definition) is 0. The Balaban J connectivity index is 2.91. The van der Waals surface area contributed by atoms with Gasteiger partial charge >= 0.3 is 7.75 Å². The molecule has 0 aromatic heterocycles. The van der Waals surface area contributed by atoms with Crippen molar-refractivity contribution in [2.24, 2.45) is 4.76 Å². The molecule has 0 bridgehead atoms. The first-order valence-electron chi connectivity index (χ1n) is 5.83. The normalized spacial score (nSPS) is 20.0. The van der Waals surface area contributed by atoms with Crippen LogP contribution in [0, 0.1) is 0 Å². The summed E-state index contributed by atoms with van der Waals surface area (Å²) >= 11 is 0. The van der Waals surface area contributed by atoms with Crippen LogP contribution < -0.4 is 0 Å². The van der Waals surface area contributed by atoms with Crippen molar-refractivity contribution >= 4 is 13.7 Å². The second-order valence-electron chi connectivity index (χ2n) is 4.28. The molecule has 0 amide bonds. The number of hydrogen-bond acceptors (Lipinski definition) is 3. The molecule has 1 aliphatic rings. The molecule has 0 aromatic carbocycles. The number of guanidine groups is 1. The van der Waals surface area contributed by atoms with Crippen molar-refractivity contribution in [3.8, 4) is 0 Å². The zero-order valence-corrected chi connectivity index (χ0v) is 12.1. The van der Waals surface area contributed by atoms with Gasteiger partial charge in [0.15, 0.2) is 0 Å². The molecule has 0 aromatic rings. The number of rotatable bonds is 5. The topological polar surface area (TPSA) is 54.4 Å². The Morgan fingerprint density at radius 3 is 2.29 bits per heavy atom. The summed E-state index contributed by atoms with van der Waals surface area (Å²) in [5.74, 6) is 0.655. The van der Waals surface area contributed by atoms with E-state index in [0.717, 1.165) is 13.1 Å². The molecule has 1 heterocycles. The average Bonchev–Trinajstić information content (AvgIpc) is 2.48. The van der Waals surface area contributed by atoms with Gasteiger partial charge in [-0.2, -0.15) is 0 Å². The summed E-state index contributed by atoms with van der Waals surface area (Å²) in [6.07, 6.45) is -0.186. The predicted octanol–water partition coefficient (Wildman–Crippen LogP) is 1.79. The molecule has 1 aliphatic heterocycles. The molecule has 17 heavy (non-hydrogen) atoms. The van der Waals surface area contributed by atoms with Crippen molar-refractivity contribution < 1.29 is 13.6 Å². The van der Waals surface area contributed by atoms with Crippen LogP contribution in [0.1, 0.15) is 20.8 Å². The van der Waals surface area contributed by atoms with E-state index in [1.54, 1.807) is 6.92 Å². The fourth-order valence-electron chi connectivity index (χ4n) is 1.57. The van der Waals surface area contributed by atoms with Gasteiger partial charge < -0.3 is 9.80 Å². The van der Waals surface area contributed by atoms with E-state index in [9.17, 15) is 4.57 Å². The second-order valence-corrected chi connectivity index (χ2v) is 5.89. The zero-order valence-electron chi connectivity index (χ0n) is 11.2. The molecule has 0 aliphatic carbocycles. The standard InChI is InChI=1S/C10H22N3O3P/c1-6-15-17(14,16-9(2)3)11-10-12(4)7-8-13(10)5/h9H,6-8H2,1-5H3. The minimum atomic E-state index is -3.39. The van der Waals surface area contributed by atoms with Crippen LogP contribution in [0.3, 0.4) is 0 Å². The first-order chi connectivity index (χ1) is 7.88. The van der Waals surface area contributed by atoms with Crippen molar-refractivity contribution in [3.63, 3.8) is 0 Å². The molecule has 0 radical (unpaired) electrons. The SMILES string of the molecule is CCOP(=O)(N=C1N(C)CCN1C)OC(C)C. The highest BCUT2D eigenvalue weighted by atomic mass is 31.2. The summed E-state index contributed by atoms with van der Waals surface area (Å²) in [7, 11) is 0.427. The molecule has 0 spiro atoms. The van der Waals surface area contributed by atoms with Crippen molar-refractivity contribution in [1.82, 2.24) is 9.80 Å². The summed E-state index contributed by atoms with van der Waals surface area (Å²) in [4.78, 5) is 3.88. The maximum absolute atomic E-state index is 12.4. The van der Waals surface area contributed by atoms with Crippen LogP contribution in [0.15, 0.2) is 4.76 Å². The van der Waals surface area contributed by atoms with Crippen molar-refractivity contribution in [2.75, 3.05) is 33.8 Å². The minimum absolute atomic E-state index is 0.186. The molecule has 0 saturated carbocycles. The Labute approximate surface area is 103 Å². The maximum atomic E-state index is 12.4. The summed E-state index contributed by atoms with van der Waals surface area (Å²) < 4.78 is 27.1. The fraction of sp³-hybridized carbons (Fsp3) is 0.900. The van der Waals surface area contributed by atoms with E-state index in [-0.39, 0.29) is 6.10 Å². The van der Waals surface area contributed by atoms with E-state index in [2.05, 4.69) is 4.76 Å². The van der Waals surface area contributed by atoms with Gasteiger partial charge in [-0.05, 0) is 20.8 Å². The number of nitrogens with zero attached hydrogens (tertiary/aromatic N) is 3. The molecule has 1 rings (SSSR count). The quantitative estimate of drug-likeness (QED) is 0.708. The Hall–Kier alpha value is -0.580. The molecule has 1 saturated heterocycles. The largest absolute Gasteiger partial charge is 0.457 e. The second kappa shape index (κ2) is 5.85. The first kappa shape index (κ1) is 14.5. The lowest BCUT2D eigenvalue weighted by Gasteiger charge is -2.20. The van der Waals surface area contributed by atoms with Gasteiger partial charge in [-0.1, -0.05) is 0 Å². The van der Waals surface area contributed by atoms with Crippen LogP contribution in [0.5, 0.6) is 0 Å². The van der Waals surface area contributed by atoms with Gasteiger partial charge in [0.1, 0.15) is 0 Å². The smallest absolute Gasteiger partial charge is 0.344 e. The molecule has 0 N–H and O–H groups in total. The predicted molar refractivity (Wildman–Crippen MR) is 68.1 cm³/mol. The highest BCUT2D eigenvalue weighted by Gasteiger charge is 2.30. The molecule has 7 heteroatoms. The summed E-state index contributed by atoms with van der Waals surface area (Å²) in [5.41, 5.74) is 0. The van der Waals surface area contributed by atoms with Gasteiger partial charge in [-0.15, -0.1) is 4.76 Å². The van der Waals surface area contributed by atoms with Gasteiger partial charge in [-0.25, -0.2) is 4.57 Å². The van der Waals surface area contributed by atoms with E-state index in [0.29, 0.717) is 12.6 Å². The zero-order chi connectivity index (χ0) is 13.1. The molecule has 6 nitrogen and oxygen atoms in total. The van der Waals surface area contributed by atoms with Gasteiger partial charge in [0.25, 0.3) is 0 Å². The van der Waals surface area contributed by atoms with Crippen LogP contribution in [-0.4, -0.2) is 55.7 Å². The molecule has 1 fully saturated rings. The lowest BCUT2D eigenvalue weighted by Crippen LogP contribution is -2.28. The lowest BCUT2D eigenvalue weighted by molar-refractivity contribution is 0.173. The lowest BCUT2D eigenvalue weighted by atomic mass is 10.5. The van der Waals surface area contributed by atoms with E-state index in [1.165, 1.54) is 0 Å². The first-order valence-corrected chi connectivity index (χ1v) is 7.33. The van der Waals surface area contributed by atoms with E-state index in [1.807, 2.05) is 37.7 Å². The third kappa shape index (κ3) is 3.98. The number of likely N-dealkylation sites (N-methyl/N-ethyl adjacent to an activating group) is 2. The fourth-order valence-corrected chi connectivity index (χ4v) is 3.12. The van der Waals surface area contributed by atoms with Crippen molar-refractivity contribution in [2.45, 2.75) is 26.9 Å². The van der Waals surface area contributed by atoms with Gasteiger partial charge in [0.05, 0.1) is 12.7 Å². The van der Waals surface area contributed by atoms with Gasteiger partial charge in [0.2, 0.25) is 5.96 Å².